The zero-order valence-electron chi connectivity index (χ0n) is 19.6. The number of nitrogens with zero attached hydrogens (tertiary/aromatic N) is 2. The first-order valence-corrected chi connectivity index (χ1v) is 11.7. The van der Waals surface area contributed by atoms with Crippen LogP contribution in [-0.4, -0.2) is 56.7 Å². The van der Waals surface area contributed by atoms with Gasteiger partial charge >= 0.3 is 6.18 Å². The predicted molar refractivity (Wildman–Crippen MR) is 125 cm³/mol. The molecule has 0 saturated carbocycles. The normalized spacial score (nSPS) is 25.0. The van der Waals surface area contributed by atoms with E-state index in [0.29, 0.717) is 5.56 Å². The maximum Gasteiger partial charge on any atom is 0.416 e. The van der Waals surface area contributed by atoms with E-state index in [9.17, 15) is 13.2 Å². The van der Waals surface area contributed by atoms with Crippen molar-refractivity contribution in [2.75, 3.05) is 46.1 Å². The van der Waals surface area contributed by atoms with Crippen molar-refractivity contribution in [3.8, 4) is 0 Å². The standard InChI is InChI=1S/C26H34F3N3O/c1-31(2)14-7-15-32(3)17-20-11-12-21-24(18-8-5-4-6-9-18)30-23-13-10-19(26(27,28)29)16-22(23)25(21)33-20/h4-6,8-10,13,16,20-21,24-25,30H,7,11-12,14-15,17H2,1-3H3/t20-,21+,24+,25+/m1/s1. The summed E-state index contributed by atoms with van der Waals surface area (Å²) in [4.78, 5) is 4.45. The molecule has 0 unspecified atom stereocenters. The fourth-order valence-electron chi connectivity index (χ4n) is 5.15. The summed E-state index contributed by atoms with van der Waals surface area (Å²) >= 11 is 0. The summed E-state index contributed by atoms with van der Waals surface area (Å²) in [5.74, 6) is 0.0821. The molecule has 2 aliphatic heterocycles. The quantitative estimate of drug-likeness (QED) is 0.582. The first-order chi connectivity index (χ1) is 15.7. The molecule has 180 valence electrons. The monoisotopic (exact) mass is 461 g/mol. The van der Waals surface area contributed by atoms with Crippen molar-refractivity contribution in [2.45, 2.75) is 43.7 Å². The molecule has 0 bridgehead atoms. The van der Waals surface area contributed by atoms with E-state index in [1.54, 1.807) is 6.07 Å². The highest BCUT2D eigenvalue weighted by Crippen LogP contribution is 2.51. The van der Waals surface area contributed by atoms with Gasteiger partial charge in [-0.1, -0.05) is 30.3 Å². The average molecular weight is 462 g/mol. The van der Waals surface area contributed by atoms with Crippen LogP contribution in [-0.2, 0) is 10.9 Å². The lowest BCUT2D eigenvalue weighted by Gasteiger charge is -2.46. The van der Waals surface area contributed by atoms with Crippen LogP contribution in [0.2, 0.25) is 0 Å². The molecular formula is C26H34F3N3O. The predicted octanol–water partition coefficient (Wildman–Crippen LogP) is 5.59. The number of hydrogen-bond acceptors (Lipinski definition) is 4. The van der Waals surface area contributed by atoms with E-state index in [4.69, 9.17) is 4.74 Å². The lowest BCUT2D eigenvalue weighted by molar-refractivity contribution is -0.138. The Balaban J connectivity index is 1.57. The van der Waals surface area contributed by atoms with Gasteiger partial charge in [0.15, 0.2) is 0 Å². The highest BCUT2D eigenvalue weighted by molar-refractivity contribution is 5.58. The van der Waals surface area contributed by atoms with E-state index in [1.807, 2.05) is 18.2 Å². The number of fused-ring (bicyclic) bond motifs is 3. The van der Waals surface area contributed by atoms with Crippen molar-refractivity contribution in [3.63, 3.8) is 0 Å². The molecule has 2 heterocycles. The molecule has 0 aromatic heterocycles. The van der Waals surface area contributed by atoms with Gasteiger partial charge in [0, 0.05) is 23.7 Å². The number of alkyl halides is 3. The molecular weight excluding hydrogens is 427 g/mol. The maximum absolute atomic E-state index is 13.5. The molecule has 1 N–H and O–H groups in total. The fraction of sp³-hybridized carbons (Fsp3) is 0.538. The minimum Gasteiger partial charge on any atom is -0.378 e. The fourth-order valence-corrected chi connectivity index (χ4v) is 5.15. The van der Waals surface area contributed by atoms with Gasteiger partial charge in [0.1, 0.15) is 0 Å². The summed E-state index contributed by atoms with van der Waals surface area (Å²) in [7, 11) is 6.23. The van der Waals surface area contributed by atoms with Gasteiger partial charge in [-0.2, -0.15) is 13.2 Å². The smallest absolute Gasteiger partial charge is 0.378 e. The molecule has 2 aromatic rings. The largest absolute Gasteiger partial charge is 0.416 e. The molecule has 1 saturated heterocycles. The number of ether oxygens (including phenoxy) is 1. The molecule has 4 nitrogen and oxygen atoms in total. The van der Waals surface area contributed by atoms with E-state index in [0.717, 1.165) is 56.2 Å². The second-order valence-corrected chi connectivity index (χ2v) is 9.67. The van der Waals surface area contributed by atoms with Crippen LogP contribution in [0, 0.1) is 5.92 Å². The highest BCUT2D eigenvalue weighted by Gasteiger charge is 2.43. The Bertz CT molecular complexity index is 919. The molecule has 4 rings (SSSR count). The third-order valence-electron chi connectivity index (χ3n) is 6.79. The zero-order chi connectivity index (χ0) is 23.6. The van der Waals surface area contributed by atoms with Crippen LogP contribution in [0.5, 0.6) is 0 Å². The third kappa shape index (κ3) is 5.70. The second kappa shape index (κ2) is 10.0. The van der Waals surface area contributed by atoms with Crippen molar-refractivity contribution in [1.29, 1.82) is 0 Å². The van der Waals surface area contributed by atoms with Crippen LogP contribution in [0.1, 0.15) is 48.1 Å². The lowest BCUT2D eigenvalue weighted by Crippen LogP contribution is -2.42. The van der Waals surface area contributed by atoms with Crippen LogP contribution in [0.3, 0.4) is 0 Å². The molecule has 7 heteroatoms. The Kier molecular flexibility index (Phi) is 7.31. The average Bonchev–Trinajstić information content (AvgIpc) is 2.78. The summed E-state index contributed by atoms with van der Waals surface area (Å²) < 4.78 is 47.0. The number of likely N-dealkylation sites (N-methyl/N-ethyl adjacent to an activating group) is 1. The minimum atomic E-state index is -4.37. The van der Waals surface area contributed by atoms with Crippen LogP contribution >= 0.6 is 0 Å². The molecule has 1 fully saturated rings. The molecule has 33 heavy (non-hydrogen) atoms. The molecule has 0 spiro atoms. The number of halogens is 3. The van der Waals surface area contributed by atoms with E-state index in [-0.39, 0.29) is 24.2 Å². The Labute approximate surface area is 194 Å². The van der Waals surface area contributed by atoms with Gasteiger partial charge in [-0.05, 0) is 77.3 Å². The minimum absolute atomic E-state index is 0.00697. The topological polar surface area (TPSA) is 27.7 Å². The zero-order valence-corrected chi connectivity index (χ0v) is 19.6. The first-order valence-electron chi connectivity index (χ1n) is 11.7. The maximum atomic E-state index is 13.5. The van der Waals surface area contributed by atoms with E-state index >= 15 is 0 Å². The van der Waals surface area contributed by atoms with Gasteiger partial charge in [-0.3, -0.25) is 0 Å². The van der Waals surface area contributed by atoms with Crippen molar-refractivity contribution in [1.82, 2.24) is 9.80 Å². The molecule has 2 aliphatic rings. The lowest BCUT2D eigenvalue weighted by atomic mass is 9.76. The van der Waals surface area contributed by atoms with Gasteiger partial charge in [-0.25, -0.2) is 0 Å². The van der Waals surface area contributed by atoms with Gasteiger partial charge < -0.3 is 19.9 Å². The van der Waals surface area contributed by atoms with Gasteiger partial charge in [0.2, 0.25) is 0 Å². The molecule has 2 aromatic carbocycles. The summed E-state index contributed by atoms with van der Waals surface area (Å²) in [6.45, 7) is 2.78. The van der Waals surface area contributed by atoms with Gasteiger partial charge in [0.05, 0.1) is 23.8 Å². The highest BCUT2D eigenvalue weighted by atomic mass is 19.4. The molecule has 0 amide bonds. The molecule has 0 aliphatic carbocycles. The number of benzene rings is 2. The third-order valence-corrected chi connectivity index (χ3v) is 6.79. The van der Waals surface area contributed by atoms with Crippen molar-refractivity contribution in [2.24, 2.45) is 5.92 Å². The van der Waals surface area contributed by atoms with Crippen LogP contribution < -0.4 is 5.32 Å². The number of anilines is 1. The van der Waals surface area contributed by atoms with Crippen LogP contribution in [0.15, 0.2) is 48.5 Å². The Hall–Kier alpha value is -2.09. The van der Waals surface area contributed by atoms with Gasteiger partial charge in [-0.15, -0.1) is 0 Å². The van der Waals surface area contributed by atoms with Crippen LogP contribution in [0.25, 0.3) is 0 Å². The summed E-state index contributed by atoms with van der Waals surface area (Å²) in [5, 5.41) is 3.52. The number of hydrogen-bond donors (Lipinski definition) is 1. The second-order valence-electron chi connectivity index (χ2n) is 9.67. The molecule has 0 radical (unpaired) electrons. The van der Waals surface area contributed by atoms with Crippen LogP contribution in [0.4, 0.5) is 18.9 Å². The Morgan fingerprint density at radius 1 is 1.00 bits per heavy atom. The van der Waals surface area contributed by atoms with Gasteiger partial charge in [0.25, 0.3) is 0 Å². The van der Waals surface area contributed by atoms with Crippen molar-refractivity contribution >= 4 is 5.69 Å². The van der Waals surface area contributed by atoms with Crippen molar-refractivity contribution < 1.29 is 17.9 Å². The van der Waals surface area contributed by atoms with Crippen molar-refractivity contribution in [3.05, 3.63) is 65.2 Å². The number of rotatable bonds is 7. The van der Waals surface area contributed by atoms with E-state index in [1.165, 1.54) is 6.07 Å². The summed E-state index contributed by atoms with van der Waals surface area (Å²) in [6, 6.07) is 14.2. The van der Waals surface area contributed by atoms with E-state index < -0.39 is 11.7 Å². The Morgan fingerprint density at radius 2 is 1.76 bits per heavy atom. The SMILES string of the molecule is CN(C)CCCN(C)C[C@H]1CC[C@@H]2[C@H](O1)c1cc(C(F)(F)F)ccc1N[C@H]2c1ccccc1. The summed E-state index contributed by atoms with van der Waals surface area (Å²) in [6.07, 6.45) is -1.85. The Morgan fingerprint density at radius 3 is 2.45 bits per heavy atom. The summed E-state index contributed by atoms with van der Waals surface area (Å²) in [5.41, 5.74) is 1.88. The first kappa shape index (κ1) is 24.0. The van der Waals surface area contributed by atoms with E-state index in [2.05, 4.69) is 48.4 Å². The molecule has 4 atom stereocenters. The number of nitrogens with one attached hydrogen (secondary N) is 1.